The Hall–Kier alpha value is -1.70. The van der Waals surface area contributed by atoms with Gasteiger partial charge in [-0.3, -0.25) is 4.79 Å². The molecule has 0 unspecified atom stereocenters. The Bertz CT molecular complexity index is 919. The molecular weight excluding hydrogens is 440 g/mol. The fourth-order valence-corrected chi connectivity index (χ4v) is 5.12. The van der Waals surface area contributed by atoms with Crippen molar-refractivity contribution in [2.45, 2.75) is 37.6 Å². The maximum Gasteiger partial charge on any atom is 0.243 e. The van der Waals surface area contributed by atoms with E-state index in [1.165, 1.54) is 4.31 Å². The third-order valence-electron chi connectivity index (χ3n) is 5.21. The van der Waals surface area contributed by atoms with Gasteiger partial charge >= 0.3 is 0 Å². The maximum atomic E-state index is 12.8. The Balaban J connectivity index is 1.57. The van der Waals surface area contributed by atoms with E-state index in [4.69, 9.17) is 0 Å². The van der Waals surface area contributed by atoms with E-state index in [1.54, 1.807) is 24.3 Å². The Morgan fingerprint density at radius 3 is 2.21 bits per heavy atom. The summed E-state index contributed by atoms with van der Waals surface area (Å²) in [7, 11) is -3.50. The van der Waals surface area contributed by atoms with Gasteiger partial charge < -0.3 is 5.32 Å². The zero-order valence-corrected chi connectivity index (χ0v) is 18.5. The van der Waals surface area contributed by atoms with Gasteiger partial charge in [0.05, 0.1) is 10.9 Å². The highest BCUT2D eigenvalue weighted by atomic mass is 79.9. The minimum atomic E-state index is -3.50. The number of aryl methyl sites for hydroxylation is 1. The Morgan fingerprint density at radius 1 is 1.07 bits per heavy atom. The fourth-order valence-electron chi connectivity index (χ4n) is 3.38. The number of carbonyl (C=O) groups excluding carboxylic acids is 1. The SMILES string of the molecule is Cc1ccc(S(=O)(=O)N2CCC(C(=O)N[C@@H](C)c3ccc(Br)cc3)CC2)cc1. The number of amides is 1. The number of nitrogens with one attached hydrogen (secondary N) is 1. The standard InChI is InChI=1S/C21H25BrN2O3S/c1-15-3-9-20(10-4-15)28(26,27)24-13-11-18(12-14-24)21(25)23-16(2)17-5-7-19(22)8-6-17/h3-10,16,18H,11-14H2,1-2H3,(H,23,25)/t16-/m0/s1. The molecule has 1 amide bonds. The molecule has 0 spiro atoms. The van der Waals surface area contributed by atoms with Crippen LogP contribution >= 0.6 is 15.9 Å². The average molecular weight is 465 g/mol. The second-order valence-electron chi connectivity index (χ2n) is 7.27. The topological polar surface area (TPSA) is 66.5 Å². The summed E-state index contributed by atoms with van der Waals surface area (Å²) in [5, 5.41) is 3.05. The number of carbonyl (C=O) groups is 1. The third kappa shape index (κ3) is 4.82. The van der Waals surface area contributed by atoms with Crippen molar-refractivity contribution < 1.29 is 13.2 Å². The highest BCUT2D eigenvalue weighted by molar-refractivity contribution is 9.10. The van der Waals surface area contributed by atoms with Crippen molar-refractivity contribution in [1.29, 1.82) is 0 Å². The fraction of sp³-hybridized carbons (Fsp3) is 0.381. The first-order valence-electron chi connectivity index (χ1n) is 9.40. The smallest absolute Gasteiger partial charge is 0.243 e. The summed E-state index contributed by atoms with van der Waals surface area (Å²) >= 11 is 3.41. The van der Waals surface area contributed by atoms with Crippen LogP contribution in [-0.4, -0.2) is 31.7 Å². The monoisotopic (exact) mass is 464 g/mol. The van der Waals surface area contributed by atoms with Gasteiger partial charge in [0.15, 0.2) is 0 Å². The van der Waals surface area contributed by atoms with Crippen molar-refractivity contribution in [3.05, 3.63) is 64.1 Å². The Kier molecular flexibility index (Phi) is 6.58. The molecule has 1 aliphatic rings. The van der Waals surface area contributed by atoms with Gasteiger partial charge in [0.2, 0.25) is 15.9 Å². The molecule has 1 saturated heterocycles. The Morgan fingerprint density at radius 2 is 1.64 bits per heavy atom. The lowest BCUT2D eigenvalue weighted by atomic mass is 9.96. The van der Waals surface area contributed by atoms with E-state index < -0.39 is 10.0 Å². The largest absolute Gasteiger partial charge is 0.349 e. The Labute approximate surface area is 175 Å². The molecule has 0 bridgehead atoms. The molecule has 7 heteroatoms. The molecule has 1 heterocycles. The molecule has 2 aromatic carbocycles. The van der Waals surface area contributed by atoms with Crippen LogP contribution in [0.3, 0.4) is 0 Å². The predicted octanol–water partition coefficient (Wildman–Crippen LogP) is 4.04. The van der Waals surface area contributed by atoms with Crippen molar-refractivity contribution in [1.82, 2.24) is 9.62 Å². The molecule has 2 aromatic rings. The van der Waals surface area contributed by atoms with Crippen molar-refractivity contribution in [3.8, 4) is 0 Å². The summed E-state index contributed by atoms with van der Waals surface area (Å²) in [5.74, 6) is -0.176. The number of rotatable bonds is 5. The molecule has 150 valence electrons. The normalized spacial score (nSPS) is 17.2. The maximum absolute atomic E-state index is 12.8. The molecule has 1 N–H and O–H groups in total. The van der Waals surface area contributed by atoms with Crippen LogP contribution in [0.4, 0.5) is 0 Å². The third-order valence-corrected chi connectivity index (χ3v) is 7.65. The molecular formula is C21H25BrN2O3S. The zero-order chi connectivity index (χ0) is 20.3. The summed E-state index contributed by atoms with van der Waals surface area (Å²) in [6.07, 6.45) is 1.06. The lowest BCUT2D eigenvalue weighted by Gasteiger charge is -2.31. The van der Waals surface area contributed by atoms with Crippen LogP contribution in [0.15, 0.2) is 57.9 Å². The van der Waals surface area contributed by atoms with E-state index in [-0.39, 0.29) is 17.9 Å². The van der Waals surface area contributed by atoms with Crippen LogP contribution in [0.1, 0.15) is 36.9 Å². The van der Waals surface area contributed by atoms with E-state index >= 15 is 0 Å². The number of hydrogen-bond acceptors (Lipinski definition) is 3. The average Bonchev–Trinajstić information content (AvgIpc) is 2.69. The quantitative estimate of drug-likeness (QED) is 0.725. The van der Waals surface area contributed by atoms with E-state index in [1.807, 2.05) is 38.1 Å². The molecule has 28 heavy (non-hydrogen) atoms. The molecule has 5 nitrogen and oxygen atoms in total. The van der Waals surface area contributed by atoms with Gasteiger partial charge in [-0.15, -0.1) is 0 Å². The first-order valence-corrected chi connectivity index (χ1v) is 11.6. The van der Waals surface area contributed by atoms with E-state index in [9.17, 15) is 13.2 Å². The van der Waals surface area contributed by atoms with Crippen molar-refractivity contribution in [2.75, 3.05) is 13.1 Å². The number of nitrogens with zero attached hydrogens (tertiary/aromatic N) is 1. The summed E-state index contributed by atoms with van der Waals surface area (Å²) in [6.45, 7) is 4.61. The lowest BCUT2D eigenvalue weighted by Crippen LogP contribution is -2.43. The van der Waals surface area contributed by atoms with Crippen LogP contribution in [0.2, 0.25) is 0 Å². The molecule has 1 atom stereocenters. The molecule has 0 aliphatic carbocycles. The summed E-state index contributed by atoms with van der Waals surface area (Å²) in [6, 6.07) is 14.7. The van der Waals surface area contributed by atoms with Gasteiger partial charge in [-0.2, -0.15) is 4.31 Å². The molecule has 1 fully saturated rings. The molecule has 1 aliphatic heterocycles. The minimum absolute atomic E-state index is 0.0113. The van der Waals surface area contributed by atoms with E-state index in [2.05, 4.69) is 21.2 Å². The summed E-state index contributed by atoms with van der Waals surface area (Å²) in [5.41, 5.74) is 2.06. The van der Waals surface area contributed by atoms with Crippen LogP contribution in [-0.2, 0) is 14.8 Å². The predicted molar refractivity (Wildman–Crippen MR) is 113 cm³/mol. The van der Waals surface area contributed by atoms with Crippen molar-refractivity contribution >= 4 is 31.9 Å². The van der Waals surface area contributed by atoms with E-state index in [0.717, 1.165) is 15.6 Å². The number of benzene rings is 2. The summed E-state index contributed by atoms with van der Waals surface area (Å²) in [4.78, 5) is 12.9. The highest BCUT2D eigenvalue weighted by Gasteiger charge is 2.32. The molecule has 3 rings (SSSR count). The lowest BCUT2D eigenvalue weighted by molar-refractivity contribution is -0.126. The number of piperidine rings is 1. The van der Waals surface area contributed by atoms with Crippen LogP contribution in [0.25, 0.3) is 0 Å². The van der Waals surface area contributed by atoms with Crippen LogP contribution < -0.4 is 5.32 Å². The van der Waals surface area contributed by atoms with E-state index in [0.29, 0.717) is 30.8 Å². The zero-order valence-electron chi connectivity index (χ0n) is 16.1. The van der Waals surface area contributed by atoms with Gasteiger partial charge in [-0.05, 0) is 56.5 Å². The van der Waals surface area contributed by atoms with Gasteiger partial charge in [0.1, 0.15) is 0 Å². The first-order chi connectivity index (χ1) is 13.3. The molecule has 0 aromatic heterocycles. The second-order valence-corrected chi connectivity index (χ2v) is 10.1. The van der Waals surface area contributed by atoms with Gasteiger partial charge in [-0.1, -0.05) is 45.8 Å². The van der Waals surface area contributed by atoms with Gasteiger partial charge in [-0.25, -0.2) is 8.42 Å². The number of halogens is 1. The van der Waals surface area contributed by atoms with Crippen LogP contribution in [0, 0.1) is 12.8 Å². The van der Waals surface area contributed by atoms with Gasteiger partial charge in [0, 0.05) is 23.5 Å². The number of hydrogen-bond donors (Lipinski definition) is 1. The van der Waals surface area contributed by atoms with Gasteiger partial charge in [0.25, 0.3) is 0 Å². The second kappa shape index (κ2) is 8.76. The molecule has 0 saturated carbocycles. The summed E-state index contributed by atoms with van der Waals surface area (Å²) < 4.78 is 28.1. The van der Waals surface area contributed by atoms with Crippen LogP contribution in [0.5, 0.6) is 0 Å². The highest BCUT2D eigenvalue weighted by Crippen LogP contribution is 2.25. The minimum Gasteiger partial charge on any atom is -0.349 e. The van der Waals surface area contributed by atoms with Crippen molar-refractivity contribution in [3.63, 3.8) is 0 Å². The first kappa shape index (κ1) is 21.0. The number of sulfonamides is 1. The molecule has 0 radical (unpaired) electrons. The van der Waals surface area contributed by atoms with Crippen molar-refractivity contribution in [2.24, 2.45) is 5.92 Å².